The van der Waals surface area contributed by atoms with Gasteiger partial charge in [-0.1, -0.05) is 48.5 Å². The van der Waals surface area contributed by atoms with Crippen molar-refractivity contribution in [3.05, 3.63) is 89.0 Å². The topological polar surface area (TPSA) is 72.6 Å². The summed E-state index contributed by atoms with van der Waals surface area (Å²) in [7, 11) is 1.66. The van der Waals surface area contributed by atoms with Crippen LogP contribution in [0.3, 0.4) is 0 Å². The molecule has 0 aliphatic rings. The molecule has 0 aliphatic heterocycles. The maximum absolute atomic E-state index is 13.6. The lowest BCUT2D eigenvalue weighted by Crippen LogP contribution is -2.40. The minimum Gasteiger partial charge on any atom is -0.496 e. The summed E-state index contributed by atoms with van der Waals surface area (Å²) in [5.74, 6) is 1.17. The molecule has 7 nitrogen and oxygen atoms in total. The molecule has 1 atom stereocenters. The number of para-hydroxylation sites is 1. The molecule has 164 valence electrons. The monoisotopic (exact) mass is 429 g/mol. The highest BCUT2D eigenvalue weighted by molar-refractivity contribution is 5.91. The van der Waals surface area contributed by atoms with Crippen LogP contribution in [0.5, 0.6) is 5.75 Å². The van der Waals surface area contributed by atoms with Crippen LogP contribution in [-0.2, 0) is 13.0 Å². The summed E-state index contributed by atoms with van der Waals surface area (Å²) in [4.78, 5) is 24.3. The first kappa shape index (κ1) is 21.5. The lowest BCUT2D eigenvalue weighted by atomic mass is 10.0. The molecule has 32 heavy (non-hydrogen) atoms. The van der Waals surface area contributed by atoms with Crippen molar-refractivity contribution in [2.24, 2.45) is 0 Å². The van der Waals surface area contributed by atoms with Gasteiger partial charge in [0, 0.05) is 24.0 Å². The second-order valence-corrected chi connectivity index (χ2v) is 7.97. The van der Waals surface area contributed by atoms with Crippen LogP contribution in [0.1, 0.15) is 40.1 Å². The third-order valence-corrected chi connectivity index (χ3v) is 5.51. The number of hydrogen-bond donors (Lipinski definition) is 0. The standard InChI is InChI=1S/C25H27N5O2/c1-17-14-19(3)30-25(26-17)27-23(28-30)24(31)29(16-20-10-6-5-7-11-20)18(2)15-21-12-8-9-13-22(21)32-4/h5-14,18H,15-16H2,1-4H3. The van der Waals surface area contributed by atoms with Gasteiger partial charge in [0.1, 0.15) is 5.75 Å². The van der Waals surface area contributed by atoms with Crippen molar-refractivity contribution < 1.29 is 9.53 Å². The SMILES string of the molecule is COc1ccccc1CC(C)N(Cc1ccccc1)C(=O)c1nc2nc(C)cc(C)n2n1. The van der Waals surface area contributed by atoms with Gasteiger partial charge in [-0.2, -0.15) is 4.98 Å². The van der Waals surface area contributed by atoms with Crippen molar-refractivity contribution in [1.82, 2.24) is 24.5 Å². The molecule has 0 spiro atoms. The van der Waals surface area contributed by atoms with Crippen LogP contribution in [0.4, 0.5) is 0 Å². The molecule has 0 fully saturated rings. The maximum atomic E-state index is 13.6. The maximum Gasteiger partial charge on any atom is 0.294 e. The largest absolute Gasteiger partial charge is 0.496 e. The smallest absolute Gasteiger partial charge is 0.294 e. The van der Waals surface area contributed by atoms with E-state index in [4.69, 9.17) is 4.74 Å². The quantitative estimate of drug-likeness (QED) is 0.444. The van der Waals surface area contributed by atoms with E-state index in [0.29, 0.717) is 18.7 Å². The van der Waals surface area contributed by atoms with Gasteiger partial charge in [0.25, 0.3) is 11.7 Å². The van der Waals surface area contributed by atoms with Crippen LogP contribution in [0.15, 0.2) is 60.7 Å². The molecule has 1 amide bonds. The summed E-state index contributed by atoms with van der Waals surface area (Å²) in [6.07, 6.45) is 0.645. The number of carbonyl (C=O) groups excluding carboxylic acids is 1. The molecular formula is C25H27N5O2. The van der Waals surface area contributed by atoms with Crippen molar-refractivity contribution in [2.45, 2.75) is 39.8 Å². The third kappa shape index (κ3) is 4.46. The molecule has 1 unspecified atom stereocenters. The Labute approximate surface area is 187 Å². The summed E-state index contributed by atoms with van der Waals surface area (Å²) >= 11 is 0. The van der Waals surface area contributed by atoms with E-state index in [2.05, 4.69) is 15.1 Å². The average molecular weight is 430 g/mol. The van der Waals surface area contributed by atoms with E-state index < -0.39 is 0 Å². The highest BCUT2D eigenvalue weighted by atomic mass is 16.5. The minimum absolute atomic E-state index is 0.110. The summed E-state index contributed by atoms with van der Waals surface area (Å²) in [6.45, 7) is 6.32. The van der Waals surface area contributed by atoms with E-state index in [-0.39, 0.29) is 17.8 Å². The van der Waals surface area contributed by atoms with Gasteiger partial charge in [-0.25, -0.2) is 9.50 Å². The summed E-state index contributed by atoms with van der Waals surface area (Å²) in [6, 6.07) is 19.6. The first-order valence-electron chi connectivity index (χ1n) is 10.6. The molecule has 2 aromatic heterocycles. The molecule has 0 saturated carbocycles. The van der Waals surface area contributed by atoms with Crippen LogP contribution in [0.25, 0.3) is 5.78 Å². The Hall–Kier alpha value is -3.74. The number of rotatable bonds is 7. The number of benzene rings is 2. The number of amides is 1. The van der Waals surface area contributed by atoms with Crippen LogP contribution in [0.2, 0.25) is 0 Å². The normalized spacial score (nSPS) is 12.0. The lowest BCUT2D eigenvalue weighted by Gasteiger charge is -2.29. The lowest BCUT2D eigenvalue weighted by molar-refractivity contribution is 0.0662. The Morgan fingerprint density at radius 2 is 1.78 bits per heavy atom. The second-order valence-electron chi connectivity index (χ2n) is 7.97. The predicted octanol–water partition coefficient (Wildman–Crippen LogP) is 4.02. The van der Waals surface area contributed by atoms with Crippen LogP contribution in [0, 0.1) is 13.8 Å². The highest BCUT2D eigenvalue weighted by Gasteiger charge is 2.27. The van der Waals surface area contributed by atoms with E-state index in [1.54, 1.807) is 11.6 Å². The number of fused-ring (bicyclic) bond motifs is 1. The number of methoxy groups -OCH3 is 1. The average Bonchev–Trinajstić information content (AvgIpc) is 3.22. The summed E-state index contributed by atoms with van der Waals surface area (Å²) in [5.41, 5.74) is 3.81. The van der Waals surface area contributed by atoms with Crippen molar-refractivity contribution in [2.75, 3.05) is 7.11 Å². The highest BCUT2D eigenvalue weighted by Crippen LogP contribution is 2.22. The zero-order valence-electron chi connectivity index (χ0n) is 18.8. The Bertz CT molecular complexity index is 1240. The molecule has 2 aromatic carbocycles. The van der Waals surface area contributed by atoms with Crippen LogP contribution >= 0.6 is 0 Å². The summed E-state index contributed by atoms with van der Waals surface area (Å²) < 4.78 is 7.13. The van der Waals surface area contributed by atoms with E-state index in [0.717, 1.165) is 28.3 Å². The zero-order chi connectivity index (χ0) is 22.7. The first-order valence-corrected chi connectivity index (χ1v) is 10.6. The number of carbonyl (C=O) groups is 1. The van der Waals surface area contributed by atoms with Crippen molar-refractivity contribution in [1.29, 1.82) is 0 Å². The number of aromatic nitrogens is 4. The zero-order valence-corrected chi connectivity index (χ0v) is 18.8. The molecule has 0 saturated heterocycles. The Kier molecular flexibility index (Phi) is 6.16. The molecule has 0 N–H and O–H groups in total. The van der Waals surface area contributed by atoms with Gasteiger partial charge >= 0.3 is 0 Å². The molecule has 4 aromatic rings. The second kappa shape index (κ2) is 9.18. The molecule has 0 radical (unpaired) electrons. The number of nitrogens with zero attached hydrogens (tertiary/aromatic N) is 5. The Balaban J connectivity index is 1.68. The Morgan fingerprint density at radius 3 is 2.53 bits per heavy atom. The van der Waals surface area contributed by atoms with Gasteiger partial charge in [-0.15, -0.1) is 5.10 Å². The van der Waals surface area contributed by atoms with Crippen LogP contribution in [-0.4, -0.2) is 43.5 Å². The number of ether oxygens (including phenoxy) is 1. The fourth-order valence-corrected chi connectivity index (χ4v) is 3.89. The van der Waals surface area contributed by atoms with Gasteiger partial charge in [0.15, 0.2) is 0 Å². The Morgan fingerprint density at radius 1 is 1.06 bits per heavy atom. The number of hydrogen-bond acceptors (Lipinski definition) is 5. The van der Waals surface area contributed by atoms with E-state index in [1.165, 1.54) is 0 Å². The molecular weight excluding hydrogens is 402 g/mol. The van der Waals surface area contributed by atoms with E-state index >= 15 is 0 Å². The third-order valence-electron chi connectivity index (χ3n) is 5.51. The fraction of sp³-hybridized carbons (Fsp3) is 0.280. The van der Waals surface area contributed by atoms with Crippen LogP contribution < -0.4 is 4.74 Å². The predicted molar refractivity (Wildman–Crippen MR) is 123 cm³/mol. The van der Waals surface area contributed by atoms with Gasteiger partial charge < -0.3 is 9.64 Å². The summed E-state index contributed by atoms with van der Waals surface area (Å²) in [5, 5.41) is 4.47. The van der Waals surface area contributed by atoms with Crippen molar-refractivity contribution in [3.8, 4) is 5.75 Å². The van der Waals surface area contributed by atoms with E-state index in [1.807, 2.05) is 86.3 Å². The molecule has 7 heteroatoms. The van der Waals surface area contributed by atoms with Gasteiger partial charge in [0.05, 0.1) is 7.11 Å². The molecule has 2 heterocycles. The number of aryl methyl sites for hydroxylation is 2. The van der Waals surface area contributed by atoms with Crippen molar-refractivity contribution >= 4 is 11.7 Å². The molecule has 4 rings (SSSR count). The van der Waals surface area contributed by atoms with Gasteiger partial charge in [0.2, 0.25) is 5.82 Å². The van der Waals surface area contributed by atoms with E-state index in [9.17, 15) is 4.79 Å². The first-order chi connectivity index (χ1) is 15.5. The minimum atomic E-state index is -0.223. The molecule has 0 aliphatic carbocycles. The molecule has 0 bridgehead atoms. The fourth-order valence-electron chi connectivity index (χ4n) is 3.89. The van der Waals surface area contributed by atoms with Gasteiger partial charge in [-0.05, 0) is 50.5 Å². The van der Waals surface area contributed by atoms with Gasteiger partial charge in [-0.3, -0.25) is 4.79 Å². The van der Waals surface area contributed by atoms with Crippen molar-refractivity contribution in [3.63, 3.8) is 0 Å².